The fourth-order valence-corrected chi connectivity index (χ4v) is 2.70. The van der Waals surface area contributed by atoms with Crippen molar-refractivity contribution in [3.63, 3.8) is 0 Å². The molecule has 0 N–H and O–H groups in total. The molecule has 1 aromatic heterocycles. The van der Waals surface area contributed by atoms with Gasteiger partial charge in [-0.1, -0.05) is 30.3 Å². The van der Waals surface area contributed by atoms with Crippen molar-refractivity contribution < 1.29 is 13.9 Å². The number of nitrogens with zero attached hydrogens (tertiary/aromatic N) is 1. The Labute approximate surface area is 124 Å². The monoisotopic (exact) mass is 285 g/mol. The van der Waals surface area contributed by atoms with Gasteiger partial charge in [0.1, 0.15) is 6.10 Å². The molecule has 0 radical (unpaired) electrons. The lowest BCUT2D eigenvalue weighted by Gasteiger charge is -2.32. The van der Waals surface area contributed by atoms with Crippen molar-refractivity contribution >= 4 is 5.97 Å². The molecule has 1 aliphatic heterocycles. The van der Waals surface area contributed by atoms with Gasteiger partial charge in [-0.25, -0.2) is 4.79 Å². The van der Waals surface area contributed by atoms with E-state index in [1.807, 2.05) is 18.2 Å². The first kappa shape index (κ1) is 13.9. The van der Waals surface area contributed by atoms with Gasteiger partial charge in [-0.05, 0) is 37.1 Å². The lowest BCUT2D eigenvalue weighted by Crippen LogP contribution is -2.40. The Morgan fingerprint density at radius 3 is 2.86 bits per heavy atom. The minimum Gasteiger partial charge on any atom is -0.457 e. The number of carbonyl (C=O) groups excluding carboxylic acids is 1. The van der Waals surface area contributed by atoms with Gasteiger partial charge >= 0.3 is 5.97 Å². The topological polar surface area (TPSA) is 42.7 Å². The van der Waals surface area contributed by atoms with Crippen LogP contribution in [-0.4, -0.2) is 30.1 Å². The van der Waals surface area contributed by atoms with Gasteiger partial charge in [0.2, 0.25) is 5.76 Å². The molecule has 110 valence electrons. The van der Waals surface area contributed by atoms with E-state index in [0.29, 0.717) is 0 Å². The summed E-state index contributed by atoms with van der Waals surface area (Å²) < 4.78 is 10.6. The predicted molar refractivity (Wildman–Crippen MR) is 78.9 cm³/mol. The number of carbonyl (C=O) groups is 1. The first-order valence-electron chi connectivity index (χ1n) is 7.32. The average molecular weight is 285 g/mol. The molecule has 0 amide bonds. The van der Waals surface area contributed by atoms with Crippen LogP contribution in [0.5, 0.6) is 0 Å². The summed E-state index contributed by atoms with van der Waals surface area (Å²) in [5, 5.41) is 0. The highest BCUT2D eigenvalue weighted by molar-refractivity contribution is 5.86. The Morgan fingerprint density at radius 1 is 1.24 bits per heavy atom. The van der Waals surface area contributed by atoms with E-state index >= 15 is 0 Å². The number of hydrogen-bond donors (Lipinski definition) is 0. The molecule has 4 heteroatoms. The van der Waals surface area contributed by atoms with E-state index in [1.165, 1.54) is 11.8 Å². The highest BCUT2D eigenvalue weighted by atomic mass is 16.6. The molecule has 1 atom stereocenters. The summed E-state index contributed by atoms with van der Waals surface area (Å²) in [4.78, 5) is 14.2. The minimum absolute atomic E-state index is 0.0555. The Hall–Kier alpha value is -2.07. The molecule has 0 saturated carbocycles. The van der Waals surface area contributed by atoms with Crippen LogP contribution in [0.1, 0.15) is 29.0 Å². The Kier molecular flexibility index (Phi) is 4.36. The summed E-state index contributed by atoms with van der Waals surface area (Å²) in [5.41, 5.74) is 1.29. The molecule has 0 spiro atoms. The second-order valence-electron chi connectivity index (χ2n) is 5.37. The number of likely N-dealkylation sites (tertiary alicyclic amines) is 1. The summed E-state index contributed by atoms with van der Waals surface area (Å²) >= 11 is 0. The maximum absolute atomic E-state index is 11.9. The van der Waals surface area contributed by atoms with Crippen LogP contribution in [0, 0.1) is 0 Å². The third-order valence-electron chi connectivity index (χ3n) is 3.71. The highest BCUT2D eigenvalue weighted by Crippen LogP contribution is 2.17. The van der Waals surface area contributed by atoms with Crippen molar-refractivity contribution in [3.05, 3.63) is 60.1 Å². The SMILES string of the molecule is O=C(OC1CCCN(Cc2ccccc2)C1)c1ccco1. The minimum atomic E-state index is -0.369. The lowest BCUT2D eigenvalue weighted by atomic mass is 10.1. The molecule has 21 heavy (non-hydrogen) atoms. The van der Waals surface area contributed by atoms with Crippen molar-refractivity contribution in [1.82, 2.24) is 4.90 Å². The Bertz CT molecular complexity index is 565. The summed E-state index contributed by atoms with van der Waals surface area (Å²) in [5.74, 6) is -0.0956. The van der Waals surface area contributed by atoms with Crippen LogP contribution < -0.4 is 0 Å². The van der Waals surface area contributed by atoms with E-state index in [1.54, 1.807) is 12.1 Å². The van der Waals surface area contributed by atoms with Crippen molar-refractivity contribution in [2.24, 2.45) is 0 Å². The first-order valence-corrected chi connectivity index (χ1v) is 7.32. The van der Waals surface area contributed by atoms with Crippen LogP contribution >= 0.6 is 0 Å². The van der Waals surface area contributed by atoms with Crippen LogP contribution in [0.15, 0.2) is 53.1 Å². The Balaban J connectivity index is 1.55. The smallest absolute Gasteiger partial charge is 0.374 e. The fourth-order valence-electron chi connectivity index (χ4n) is 2.70. The fraction of sp³-hybridized carbons (Fsp3) is 0.353. The molecule has 1 aliphatic rings. The number of benzene rings is 1. The number of hydrogen-bond acceptors (Lipinski definition) is 4. The maximum atomic E-state index is 11.9. The molecular formula is C17H19NO3. The summed E-state index contributed by atoms with van der Waals surface area (Å²) in [7, 11) is 0. The molecule has 4 nitrogen and oxygen atoms in total. The van der Waals surface area contributed by atoms with Gasteiger partial charge in [-0.2, -0.15) is 0 Å². The predicted octanol–water partition coefficient (Wildman–Crippen LogP) is 3.10. The largest absolute Gasteiger partial charge is 0.457 e. The summed E-state index contributed by atoms with van der Waals surface area (Å²) in [6.45, 7) is 2.72. The van der Waals surface area contributed by atoms with Gasteiger partial charge in [-0.15, -0.1) is 0 Å². The molecule has 0 bridgehead atoms. The molecule has 1 fully saturated rings. The van der Waals surface area contributed by atoms with Gasteiger partial charge in [0.15, 0.2) is 0 Å². The van der Waals surface area contributed by atoms with Crippen LogP contribution in [-0.2, 0) is 11.3 Å². The van der Waals surface area contributed by atoms with Crippen LogP contribution in [0.2, 0.25) is 0 Å². The summed E-state index contributed by atoms with van der Waals surface area (Å²) in [6.07, 6.45) is 3.39. The standard InChI is InChI=1S/C17H19NO3/c19-17(16-9-5-11-20-16)21-15-8-4-10-18(13-15)12-14-6-2-1-3-7-14/h1-3,5-7,9,11,15H,4,8,10,12-13H2. The van der Waals surface area contributed by atoms with Gasteiger partial charge in [0.05, 0.1) is 6.26 Å². The zero-order valence-corrected chi connectivity index (χ0v) is 11.9. The van der Waals surface area contributed by atoms with Crippen molar-refractivity contribution in [2.45, 2.75) is 25.5 Å². The summed E-state index contributed by atoms with van der Waals surface area (Å²) in [6, 6.07) is 13.7. The Morgan fingerprint density at radius 2 is 2.10 bits per heavy atom. The maximum Gasteiger partial charge on any atom is 0.374 e. The number of piperidine rings is 1. The lowest BCUT2D eigenvalue weighted by molar-refractivity contribution is 0.00273. The molecule has 2 aromatic rings. The van der Waals surface area contributed by atoms with Gasteiger partial charge in [0.25, 0.3) is 0 Å². The molecule has 1 unspecified atom stereocenters. The third-order valence-corrected chi connectivity index (χ3v) is 3.71. The second-order valence-corrected chi connectivity index (χ2v) is 5.37. The highest BCUT2D eigenvalue weighted by Gasteiger charge is 2.24. The normalized spacial score (nSPS) is 19.3. The number of esters is 1. The van der Waals surface area contributed by atoms with Crippen molar-refractivity contribution in [1.29, 1.82) is 0 Å². The van der Waals surface area contributed by atoms with Crippen LogP contribution in [0.4, 0.5) is 0 Å². The van der Waals surface area contributed by atoms with Crippen molar-refractivity contribution in [2.75, 3.05) is 13.1 Å². The third kappa shape index (κ3) is 3.73. The quantitative estimate of drug-likeness (QED) is 0.810. The van der Waals surface area contributed by atoms with Gasteiger partial charge in [-0.3, -0.25) is 4.90 Å². The molecule has 1 saturated heterocycles. The first-order chi connectivity index (χ1) is 10.3. The van der Waals surface area contributed by atoms with E-state index < -0.39 is 0 Å². The van der Waals surface area contributed by atoms with E-state index in [9.17, 15) is 4.79 Å². The molecule has 1 aromatic carbocycles. The van der Waals surface area contributed by atoms with Gasteiger partial charge < -0.3 is 9.15 Å². The zero-order chi connectivity index (χ0) is 14.5. The average Bonchev–Trinajstić information content (AvgIpc) is 3.03. The molecule has 3 rings (SSSR count). The van der Waals surface area contributed by atoms with E-state index in [2.05, 4.69) is 17.0 Å². The molecular weight excluding hydrogens is 266 g/mol. The van der Waals surface area contributed by atoms with E-state index in [-0.39, 0.29) is 17.8 Å². The van der Waals surface area contributed by atoms with E-state index in [4.69, 9.17) is 9.15 Å². The number of rotatable bonds is 4. The number of ether oxygens (including phenoxy) is 1. The van der Waals surface area contributed by atoms with Crippen molar-refractivity contribution in [3.8, 4) is 0 Å². The van der Waals surface area contributed by atoms with Gasteiger partial charge in [0, 0.05) is 13.1 Å². The second kappa shape index (κ2) is 6.59. The van der Waals surface area contributed by atoms with Crippen LogP contribution in [0.25, 0.3) is 0 Å². The van der Waals surface area contributed by atoms with Crippen LogP contribution in [0.3, 0.4) is 0 Å². The van der Waals surface area contributed by atoms with E-state index in [0.717, 1.165) is 32.5 Å². The molecule has 0 aliphatic carbocycles. The number of furan rings is 1. The molecule has 2 heterocycles. The zero-order valence-electron chi connectivity index (χ0n) is 11.9.